The fourth-order valence-electron chi connectivity index (χ4n) is 2.33. The fraction of sp³-hybridized carbons (Fsp3) is 0.333. The molecule has 0 saturated heterocycles. The number of quaternary nitrogens is 1. The molecule has 2 aromatic rings. The first-order valence-corrected chi connectivity index (χ1v) is 7.95. The van der Waals surface area contributed by atoms with Crippen LogP contribution in [0, 0.1) is 10.1 Å². The molecule has 0 saturated carbocycles. The van der Waals surface area contributed by atoms with Crippen molar-refractivity contribution in [3.63, 3.8) is 0 Å². The van der Waals surface area contributed by atoms with Crippen LogP contribution in [0.5, 0.6) is 0 Å². The van der Waals surface area contributed by atoms with Crippen LogP contribution in [0.4, 0.5) is 11.4 Å². The van der Waals surface area contributed by atoms with E-state index in [4.69, 9.17) is 0 Å². The van der Waals surface area contributed by atoms with Crippen LogP contribution in [0.25, 0.3) is 0 Å². The molecule has 23 heavy (non-hydrogen) atoms. The van der Waals surface area contributed by atoms with Crippen LogP contribution in [-0.2, 0) is 6.54 Å². The Morgan fingerprint density at radius 3 is 2.30 bits per heavy atom. The summed E-state index contributed by atoms with van der Waals surface area (Å²) in [4.78, 5) is 10.2. The van der Waals surface area contributed by atoms with Gasteiger partial charge >= 0.3 is 0 Å². The smallest absolute Gasteiger partial charge is 0.269 e. The highest BCUT2D eigenvalue weighted by Gasteiger charge is 2.03. The Kier molecular flexibility index (Phi) is 6.11. The van der Waals surface area contributed by atoms with Gasteiger partial charge in [-0.1, -0.05) is 38.1 Å². The van der Waals surface area contributed by atoms with E-state index in [0.29, 0.717) is 5.92 Å². The third kappa shape index (κ3) is 5.38. The van der Waals surface area contributed by atoms with E-state index in [1.807, 2.05) is 0 Å². The van der Waals surface area contributed by atoms with Gasteiger partial charge in [0, 0.05) is 23.4 Å². The highest BCUT2D eigenvalue weighted by molar-refractivity contribution is 5.48. The van der Waals surface area contributed by atoms with Crippen LogP contribution in [0.1, 0.15) is 30.9 Å². The minimum atomic E-state index is -0.387. The van der Waals surface area contributed by atoms with Gasteiger partial charge in [0.2, 0.25) is 0 Å². The molecule has 0 unspecified atom stereocenters. The van der Waals surface area contributed by atoms with Crippen molar-refractivity contribution in [1.82, 2.24) is 0 Å². The van der Waals surface area contributed by atoms with E-state index >= 15 is 0 Å². The van der Waals surface area contributed by atoms with Crippen LogP contribution in [0.15, 0.2) is 48.5 Å². The number of hydrogen-bond donors (Lipinski definition) is 2. The van der Waals surface area contributed by atoms with E-state index in [1.54, 1.807) is 12.1 Å². The van der Waals surface area contributed by atoms with E-state index in [1.165, 1.54) is 23.3 Å². The Morgan fingerprint density at radius 2 is 1.74 bits per heavy atom. The van der Waals surface area contributed by atoms with Crippen molar-refractivity contribution in [2.75, 3.05) is 18.4 Å². The first kappa shape index (κ1) is 17.0. The summed E-state index contributed by atoms with van der Waals surface area (Å²) in [7, 11) is 0. The van der Waals surface area contributed by atoms with Crippen molar-refractivity contribution >= 4 is 11.4 Å². The second-order valence-electron chi connectivity index (χ2n) is 5.91. The summed E-state index contributed by atoms with van der Waals surface area (Å²) in [6, 6.07) is 15.3. The average Bonchev–Trinajstić information content (AvgIpc) is 2.55. The molecule has 0 spiro atoms. The zero-order valence-electron chi connectivity index (χ0n) is 13.7. The third-order valence-electron chi connectivity index (χ3n) is 3.78. The van der Waals surface area contributed by atoms with Gasteiger partial charge in [-0.2, -0.15) is 0 Å². The summed E-state index contributed by atoms with van der Waals surface area (Å²) in [5, 5.41) is 16.1. The minimum absolute atomic E-state index is 0.118. The van der Waals surface area contributed by atoms with E-state index in [-0.39, 0.29) is 10.6 Å². The van der Waals surface area contributed by atoms with Gasteiger partial charge in [0.25, 0.3) is 5.69 Å². The molecular weight excluding hydrogens is 290 g/mol. The molecule has 0 atom stereocenters. The molecule has 0 aliphatic carbocycles. The molecule has 0 bridgehead atoms. The fourth-order valence-corrected chi connectivity index (χ4v) is 2.33. The summed E-state index contributed by atoms with van der Waals surface area (Å²) in [6.07, 6.45) is 0. The lowest BCUT2D eigenvalue weighted by atomic mass is 10.0. The summed E-state index contributed by atoms with van der Waals surface area (Å²) in [5.41, 5.74) is 3.72. The molecule has 0 amide bonds. The van der Waals surface area contributed by atoms with E-state index in [0.717, 1.165) is 25.3 Å². The standard InChI is InChI=1S/C18H23N3O2/c1-14(2)16-5-3-15(4-6-16)13-19-11-12-20-17-7-9-18(10-8-17)21(22)23/h3-10,14,19-20H,11-13H2,1-2H3/p+1. The van der Waals surface area contributed by atoms with Gasteiger partial charge in [0.15, 0.2) is 0 Å². The van der Waals surface area contributed by atoms with E-state index < -0.39 is 0 Å². The Bertz CT molecular complexity index is 622. The molecule has 5 heteroatoms. The Balaban J connectivity index is 1.68. The molecular formula is C18H24N3O2+. The van der Waals surface area contributed by atoms with Crippen molar-refractivity contribution in [3.05, 3.63) is 69.8 Å². The predicted molar refractivity (Wildman–Crippen MR) is 92.6 cm³/mol. The first-order chi connectivity index (χ1) is 11.1. The molecule has 0 radical (unpaired) electrons. The highest BCUT2D eigenvalue weighted by atomic mass is 16.6. The van der Waals surface area contributed by atoms with Gasteiger partial charge < -0.3 is 10.6 Å². The third-order valence-corrected chi connectivity index (χ3v) is 3.78. The summed E-state index contributed by atoms with van der Waals surface area (Å²) in [5.74, 6) is 0.568. The van der Waals surface area contributed by atoms with Crippen LogP contribution < -0.4 is 10.6 Å². The normalized spacial score (nSPS) is 10.7. The Morgan fingerprint density at radius 1 is 1.09 bits per heavy atom. The number of nitrogens with zero attached hydrogens (tertiary/aromatic N) is 1. The molecule has 5 nitrogen and oxygen atoms in total. The number of nitrogens with one attached hydrogen (secondary N) is 1. The summed E-state index contributed by atoms with van der Waals surface area (Å²) >= 11 is 0. The van der Waals surface area contributed by atoms with Crippen LogP contribution in [0.3, 0.4) is 0 Å². The zero-order valence-corrected chi connectivity index (χ0v) is 13.7. The second-order valence-corrected chi connectivity index (χ2v) is 5.91. The molecule has 2 rings (SSSR count). The number of rotatable bonds is 8. The lowest BCUT2D eigenvalue weighted by Gasteiger charge is -2.07. The van der Waals surface area contributed by atoms with E-state index in [2.05, 4.69) is 48.7 Å². The van der Waals surface area contributed by atoms with Gasteiger partial charge in [-0.25, -0.2) is 0 Å². The van der Waals surface area contributed by atoms with Gasteiger partial charge in [-0.15, -0.1) is 0 Å². The SMILES string of the molecule is CC(C)c1ccc(C[NH2+]CCNc2ccc([N+](=O)[O-])cc2)cc1. The lowest BCUT2D eigenvalue weighted by molar-refractivity contribution is -0.668. The van der Waals surface area contributed by atoms with Crippen molar-refractivity contribution < 1.29 is 10.2 Å². The van der Waals surface area contributed by atoms with Gasteiger partial charge in [0.05, 0.1) is 18.0 Å². The van der Waals surface area contributed by atoms with Crippen LogP contribution >= 0.6 is 0 Å². The largest absolute Gasteiger partial charge is 0.379 e. The number of hydrogen-bond acceptors (Lipinski definition) is 3. The van der Waals surface area contributed by atoms with Crippen molar-refractivity contribution in [2.45, 2.75) is 26.3 Å². The van der Waals surface area contributed by atoms with Crippen LogP contribution in [0.2, 0.25) is 0 Å². The van der Waals surface area contributed by atoms with E-state index in [9.17, 15) is 10.1 Å². The maximum atomic E-state index is 10.6. The number of nitro benzene ring substituents is 1. The highest BCUT2D eigenvalue weighted by Crippen LogP contribution is 2.15. The van der Waals surface area contributed by atoms with Crippen LogP contribution in [-0.4, -0.2) is 18.0 Å². The molecule has 3 N–H and O–H groups in total. The number of non-ortho nitro benzene ring substituents is 1. The lowest BCUT2D eigenvalue weighted by Crippen LogP contribution is -2.83. The predicted octanol–water partition coefficient (Wildman–Crippen LogP) is 2.89. The maximum absolute atomic E-state index is 10.6. The zero-order chi connectivity index (χ0) is 16.7. The van der Waals surface area contributed by atoms with Crippen molar-refractivity contribution in [2.24, 2.45) is 0 Å². The number of benzene rings is 2. The molecule has 0 aliphatic rings. The number of anilines is 1. The van der Waals surface area contributed by atoms with Crippen molar-refractivity contribution in [1.29, 1.82) is 0 Å². The van der Waals surface area contributed by atoms with Gasteiger partial charge in [0.1, 0.15) is 6.54 Å². The molecule has 2 aromatic carbocycles. The Labute approximate surface area is 136 Å². The topological polar surface area (TPSA) is 71.8 Å². The molecule has 0 aromatic heterocycles. The molecule has 122 valence electrons. The number of nitro groups is 1. The van der Waals surface area contributed by atoms with Gasteiger partial charge in [-0.3, -0.25) is 10.1 Å². The maximum Gasteiger partial charge on any atom is 0.269 e. The van der Waals surface area contributed by atoms with Crippen molar-refractivity contribution in [3.8, 4) is 0 Å². The molecule has 0 fully saturated rings. The minimum Gasteiger partial charge on any atom is -0.379 e. The number of nitrogens with two attached hydrogens (primary N) is 1. The van der Waals surface area contributed by atoms with Gasteiger partial charge in [-0.05, 0) is 23.6 Å². The monoisotopic (exact) mass is 314 g/mol. The molecule has 0 aliphatic heterocycles. The summed E-state index contributed by atoms with van der Waals surface area (Å²) < 4.78 is 0. The Hall–Kier alpha value is -2.40. The second kappa shape index (κ2) is 8.29. The average molecular weight is 314 g/mol. The summed E-state index contributed by atoms with van der Waals surface area (Å²) in [6.45, 7) is 7.13. The first-order valence-electron chi connectivity index (χ1n) is 7.95. The molecule has 0 heterocycles. The quantitative estimate of drug-likeness (QED) is 0.447.